The molecular weight excluding hydrogens is 461 g/mol. The molecule has 1 aromatic heterocycles. The zero-order chi connectivity index (χ0) is 18.1. The Morgan fingerprint density at radius 2 is 2.12 bits per heavy atom. The molecule has 142 valence electrons. The molecule has 0 bridgehead atoms. The molecule has 1 amide bonds. The minimum atomic E-state index is -0.0662. The first-order chi connectivity index (χ1) is 12.1. The highest BCUT2D eigenvalue weighted by molar-refractivity contribution is 14.0. The fourth-order valence-corrected chi connectivity index (χ4v) is 3.01. The van der Waals surface area contributed by atoms with Crippen LogP contribution >= 0.6 is 35.3 Å². The van der Waals surface area contributed by atoms with Crippen molar-refractivity contribution in [2.45, 2.75) is 26.8 Å². The summed E-state index contributed by atoms with van der Waals surface area (Å²) >= 11 is 1.66. The summed E-state index contributed by atoms with van der Waals surface area (Å²) in [6, 6.07) is 7.67. The Labute approximate surface area is 175 Å². The monoisotopic (exact) mass is 487 g/mol. The second kappa shape index (κ2) is 11.8. The number of nitrogens with one attached hydrogen (secondary N) is 3. The molecule has 1 aromatic carbocycles. The van der Waals surface area contributed by atoms with E-state index in [1.54, 1.807) is 18.4 Å². The first-order valence-electron chi connectivity index (χ1n) is 8.37. The van der Waals surface area contributed by atoms with Crippen LogP contribution in [0, 0.1) is 6.92 Å². The summed E-state index contributed by atoms with van der Waals surface area (Å²) < 4.78 is 0. The third-order valence-corrected chi connectivity index (χ3v) is 4.41. The number of halogens is 1. The molecule has 0 saturated carbocycles. The lowest BCUT2D eigenvalue weighted by Gasteiger charge is -2.11. The number of guanidine groups is 1. The predicted molar refractivity (Wildman–Crippen MR) is 119 cm³/mol. The molecule has 0 unspecified atom stereocenters. The van der Waals surface area contributed by atoms with Gasteiger partial charge in [0.25, 0.3) is 5.91 Å². The van der Waals surface area contributed by atoms with E-state index >= 15 is 0 Å². The van der Waals surface area contributed by atoms with Crippen molar-refractivity contribution in [3.05, 3.63) is 51.5 Å². The van der Waals surface area contributed by atoms with Crippen LogP contribution in [-0.4, -0.2) is 37.0 Å². The van der Waals surface area contributed by atoms with Gasteiger partial charge in [-0.25, -0.2) is 9.98 Å². The minimum Gasteiger partial charge on any atom is -0.357 e. The average Bonchev–Trinajstić information content (AvgIpc) is 3.04. The van der Waals surface area contributed by atoms with Crippen LogP contribution in [-0.2, 0) is 13.0 Å². The molecule has 0 radical (unpaired) electrons. The van der Waals surface area contributed by atoms with Crippen molar-refractivity contribution in [1.82, 2.24) is 20.9 Å². The van der Waals surface area contributed by atoms with E-state index in [2.05, 4.69) is 25.9 Å². The van der Waals surface area contributed by atoms with Crippen LogP contribution in [0.2, 0.25) is 0 Å². The lowest BCUT2D eigenvalue weighted by atomic mass is 10.1. The van der Waals surface area contributed by atoms with Gasteiger partial charge < -0.3 is 16.0 Å². The zero-order valence-electron chi connectivity index (χ0n) is 15.3. The Kier molecular flexibility index (Phi) is 10.2. The summed E-state index contributed by atoms with van der Waals surface area (Å²) in [5, 5.41) is 10.2. The van der Waals surface area contributed by atoms with Crippen LogP contribution < -0.4 is 16.0 Å². The molecule has 6 nitrogen and oxygen atoms in total. The Morgan fingerprint density at radius 1 is 1.31 bits per heavy atom. The van der Waals surface area contributed by atoms with Crippen LogP contribution in [0.15, 0.2) is 35.5 Å². The number of carbonyl (C=O) groups excluding carboxylic acids is 1. The number of amides is 1. The number of thiazole rings is 1. The normalized spacial score (nSPS) is 10.8. The Morgan fingerprint density at radius 3 is 2.77 bits per heavy atom. The molecule has 0 atom stereocenters. The van der Waals surface area contributed by atoms with Crippen molar-refractivity contribution in [2.75, 3.05) is 20.1 Å². The van der Waals surface area contributed by atoms with E-state index in [1.807, 2.05) is 44.3 Å². The van der Waals surface area contributed by atoms with Gasteiger partial charge in [-0.3, -0.25) is 4.79 Å². The number of aliphatic imine (C=N–C) groups is 1. The SMILES string of the molecule is CCNC(=NCc1ncc(C)s1)NCCc1cccc(C(=O)NC)c1.I. The van der Waals surface area contributed by atoms with Crippen molar-refractivity contribution in [3.8, 4) is 0 Å². The average molecular weight is 487 g/mol. The molecule has 2 aromatic rings. The number of nitrogens with zero attached hydrogens (tertiary/aromatic N) is 2. The summed E-state index contributed by atoms with van der Waals surface area (Å²) in [6.45, 7) is 6.19. The van der Waals surface area contributed by atoms with Crippen LogP contribution in [0.1, 0.15) is 32.7 Å². The van der Waals surface area contributed by atoms with Gasteiger partial charge in [0, 0.05) is 36.8 Å². The predicted octanol–water partition coefficient (Wildman–Crippen LogP) is 2.73. The summed E-state index contributed by atoms with van der Waals surface area (Å²) in [7, 11) is 1.64. The number of aryl methyl sites for hydroxylation is 1. The van der Waals surface area contributed by atoms with E-state index in [1.165, 1.54) is 4.88 Å². The van der Waals surface area contributed by atoms with Crippen LogP contribution in [0.5, 0.6) is 0 Å². The van der Waals surface area contributed by atoms with Crippen LogP contribution in [0.25, 0.3) is 0 Å². The molecule has 2 rings (SSSR count). The van der Waals surface area contributed by atoms with E-state index in [0.29, 0.717) is 12.1 Å². The van der Waals surface area contributed by atoms with Gasteiger partial charge in [-0.05, 0) is 38.0 Å². The number of hydrogen-bond acceptors (Lipinski definition) is 4. The molecular formula is C18H26IN5OS. The number of aromatic nitrogens is 1. The van der Waals surface area contributed by atoms with Gasteiger partial charge in [0.2, 0.25) is 0 Å². The number of benzene rings is 1. The lowest BCUT2D eigenvalue weighted by molar-refractivity contribution is 0.0963. The van der Waals surface area contributed by atoms with E-state index < -0.39 is 0 Å². The van der Waals surface area contributed by atoms with E-state index in [0.717, 1.165) is 36.0 Å². The van der Waals surface area contributed by atoms with Gasteiger partial charge >= 0.3 is 0 Å². The maximum absolute atomic E-state index is 11.7. The Bertz CT molecular complexity index is 732. The van der Waals surface area contributed by atoms with Gasteiger partial charge in [0.15, 0.2) is 5.96 Å². The number of hydrogen-bond donors (Lipinski definition) is 3. The Hall–Kier alpha value is -1.68. The molecule has 0 aliphatic rings. The lowest BCUT2D eigenvalue weighted by Crippen LogP contribution is -2.38. The summed E-state index contributed by atoms with van der Waals surface area (Å²) in [5.41, 5.74) is 1.79. The van der Waals surface area contributed by atoms with Gasteiger partial charge in [-0.15, -0.1) is 35.3 Å². The highest BCUT2D eigenvalue weighted by atomic mass is 127. The number of rotatable bonds is 7. The standard InChI is InChI=1S/C18H25N5OS.HI/c1-4-20-18(23-12-16-22-11-13(2)25-16)21-9-8-14-6-5-7-15(10-14)17(24)19-3;/h5-7,10-11H,4,8-9,12H2,1-3H3,(H,19,24)(H2,20,21,23);1H. The van der Waals surface area contributed by atoms with E-state index in [4.69, 9.17) is 0 Å². The summed E-state index contributed by atoms with van der Waals surface area (Å²) in [4.78, 5) is 21.8. The van der Waals surface area contributed by atoms with Crippen LogP contribution in [0.4, 0.5) is 0 Å². The first-order valence-corrected chi connectivity index (χ1v) is 9.18. The van der Waals surface area contributed by atoms with E-state index in [-0.39, 0.29) is 29.9 Å². The second-order valence-electron chi connectivity index (χ2n) is 5.52. The van der Waals surface area contributed by atoms with Crippen molar-refractivity contribution in [2.24, 2.45) is 4.99 Å². The minimum absolute atomic E-state index is 0. The summed E-state index contributed by atoms with van der Waals surface area (Å²) in [6.07, 6.45) is 2.68. The van der Waals surface area contributed by atoms with Gasteiger partial charge in [-0.1, -0.05) is 12.1 Å². The molecule has 26 heavy (non-hydrogen) atoms. The quantitative estimate of drug-likeness (QED) is 0.319. The molecule has 0 saturated heterocycles. The maximum atomic E-state index is 11.7. The Balaban J connectivity index is 0.00000338. The summed E-state index contributed by atoms with van der Waals surface area (Å²) in [5.74, 6) is 0.710. The first kappa shape index (κ1) is 22.4. The molecule has 3 N–H and O–H groups in total. The molecule has 0 fully saturated rings. The molecule has 0 aliphatic heterocycles. The van der Waals surface area contributed by atoms with Crippen LogP contribution in [0.3, 0.4) is 0 Å². The fourth-order valence-electron chi connectivity index (χ4n) is 2.30. The molecule has 1 heterocycles. The third kappa shape index (κ3) is 7.28. The third-order valence-electron chi connectivity index (χ3n) is 3.51. The maximum Gasteiger partial charge on any atom is 0.251 e. The smallest absolute Gasteiger partial charge is 0.251 e. The largest absolute Gasteiger partial charge is 0.357 e. The molecule has 0 aliphatic carbocycles. The van der Waals surface area contributed by atoms with Gasteiger partial charge in [-0.2, -0.15) is 0 Å². The molecule has 8 heteroatoms. The second-order valence-corrected chi connectivity index (χ2v) is 6.84. The molecule has 0 spiro atoms. The van der Waals surface area contributed by atoms with Crippen molar-refractivity contribution in [1.29, 1.82) is 0 Å². The number of carbonyl (C=O) groups is 1. The van der Waals surface area contributed by atoms with E-state index in [9.17, 15) is 4.79 Å². The fraction of sp³-hybridized carbons (Fsp3) is 0.389. The van der Waals surface area contributed by atoms with Crippen molar-refractivity contribution in [3.63, 3.8) is 0 Å². The van der Waals surface area contributed by atoms with Crippen molar-refractivity contribution < 1.29 is 4.79 Å². The van der Waals surface area contributed by atoms with Gasteiger partial charge in [0.1, 0.15) is 5.01 Å². The highest BCUT2D eigenvalue weighted by Crippen LogP contribution is 2.11. The van der Waals surface area contributed by atoms with Crippen molar-refractivity contribution >= 4 is 47.2 Å². The highest BCUT2D eigenvalue weighted by Gasteiger charge is 2.04. The topological polar surface area (TPSA) is 78.4 Å². The van der Waals surface area contributed by atoms with Gasteiger partial charge in [0.05, 0.1) is 6.54 Å². The zero-order valence-corrected chi connectivity index (χ0v) is 18.5.